The van der Waals surface area contributed by atoms with Crippen molar-refractivity contribution in [1.82, 2.24) is 20.0 Å². The number of aryl methyl sites for hydroxylation is 2. The van der Waals surface area contributed by atoms with Gasteiger partial charge in [-0.3, -0.25) is 14.6 Å². The molecule has 0 bridgehead atoms. The molecule has 0 aliphatic heterocycles. The van der Waals surface area contributed by atoms with Crippen molar-refractivity contribution in [3.05, 3.63) is 53.0 Å². The maximum absolute atomic E-state index is 12.4. The van der Waals surface area contributed by atoms with Crippen LogP contribution in [0.15, 0.2) is 30.3 Å². The summed E-state index contributed by atoms with van der Waals surface area (Å²) in [5, 5.41) is 22.9. The van der Waals surface area contributed by atoms with Gasteiger partial charge in [-0.25, -0.2) is 0 Å². The van der Waals surface area contributed by atoms with Crippen LogP contribution in [-0.2, 0) is 13.5 Å². The second-order valence-corrected chi connectivity index (χ2v) is 5.82. The summed E-state index contributed by atoms with van der Waals surface area (Å²) in [7, 11) is 1.88. The lowest BCUT2D eigenvalue weighted by Crippen LogP contribution is -2.12. The van der Waals surface area contributed by atoms with Crippen LogP contribution in [0, 0.1) is 25.2 Å². The molecule has 7 heteroatoms. The van der Waals surface area contributed by atoms with Crippen molar-refractivity contribution in [2.24, 2.45) is 7.05 Å². The molecule has 0 aliphatic carbocycles. The predicted octanol–water partition coefficient (Wildman–Crippen LogP) is 2.75. The van der Waals surface area contributed by atoms with Crippen molar-refractivity contribution in [2.75, 3.05) is 5.32 Å². The molecule has 0 fully saturated rings. The second-order valence-electron chi connectivity index (χ2n) is 5.82. The summed E-state index contributed by atoms with van der Waals surface area (Å²) in [5.74, 6) is -0.272. The Kier molecular flexibility index (Phi) is 4.35. The van der Waals surface area contributed by atoms with E-state index in [0.29, 0.717) is 23.5 Å². The van der Waals surface area contributed by atoms with E-state index in [9.17, 15) is 4.79 Å². The topological polar surface area (TPSA) is 99.4 Å². The second kappa shape index (κ2) is 6.61. The molecule has 1 aromatic carbocycles. The van der Waals surface area contributed by atoms with Crippen LogP contribution in [0.1, 0.15) is 27.4 Å². The highest BCUT2D eigenvalue weighted by Crippen LogP contribution is 2.25. The number of aromatic amines is 1. The summed E-state index contributed by atoms with van der Waals surface area (Å²) in [6.45, 7) is 3.88. The molecule has 2 aromatic heterocycles. The number of hydrogen-bond acceptors (Lipinski definition) is 4. The molecule has 0 aliphatic rings. The Bertz CT molecular complexity index is 959. The molecule has 7 nitrogen and oxygen atoms in total. The van der Waals surface area contributed by atoms with Gasteiger partial charge in [0.15, 0.2) is 0 Å². The first-order valence-electron chi connectivity index (χ1n) is 7.83. The van der Waals surface area contributed by atoms with Crippen molar-refractivity contribution >= 4 is 11.6 Å². The van der Waals surface area contributed by atoms with Crippen LogP contribution in [0.5, 0.6) is 0 Å². The third-order valence-corrected chi connectivity index (χ3v) is 4.08. The molecule has 2 N–H and O–H groups in total. The highest BCUT2D eigenvalue weighted by molar-refractivity contribution is 6.03. The van der Waals surface area contributed by atoms with E-state index in [1.165, 1.54) is 0 Å². The van der Waals surface area contributed by atoms with E-state index in [2.05, 4.69) is 26.7 Å². The standard InChI is InChI=1S/C18H18N6O/c1-11-17(12(2)24(3)23-11)15-10-16(22-21-15)18(25)20-14-6-4-13(5-7-14)8-9-19/h4-7,10H,8H2,1-3H3,(H,20,25)(H,21,22). The van der Waals surface area contributed by atoms with Gasteiger partial charge in [0.1, 0.15) is 5.69 Å². The molecule has 0 saturated heterocycles. The van der Waals surface area contributed by atoms with Gasteiger partial charge in [0.2, 0.25) is 0 Å². The summed E-state index contributed by atoms with van der Waals surface area (Å²) in [6.07, 6.45) is 0.349. The molecular weight excluding hydrogens is 316 g/mol. The minimum absolute atomic E-state index is 0.272. The van der Waals surface area contributed by atoms with Crippen molar-refractivity contribution < 1.29 is 4.79 Å². The number of hydrogen-bond donors (Lipinski definition) is 2. The van der Waals surface area contributed by atoms with Crippen molar-refractivity contribution in [3.63, 3.8) is 0 Å². The molecule has 0 atom stereocenters. The summed E-state index contributed by atoms with van der Waals surface area (Å²) >= 11 is 0. The molecule has 1 amide bonds. The van der Waals surface area contributed by atoms with Gasteiger partial charge in [-0.05, 0) is 37.6 Å². The summed E-state index contributed by atoms with van der Waals surface area (Å²) < 4.78 is 1.79. The SMILES string of the molecule is Cc1nn(C)c(C)c1-c1cc(C(=O)Nc2ccc(CC#N)cc2)[nH]n1. The first-order valence-corrected chi connectivity index (χ1v) is 7.83. The molecule has 0 spiro atoms. The van der Waals surface area contributed by atoms with E-state index in [0.717, 1.165) is 22.5 Å². The van der Waals surface area contributed by atoms with Crippen molar-refractivity contribution in [3.8, 4) is 17.3 Å². The molecule has 3 rings (SSSR count). The fraction of sp³-hybridized carbons (Fsp3) is 0.222. The van der Waals surface area contributed by atoms with Crippen molar-refractivity contribution in [1.29, 1.82) is 5.26 Å². The average Bonchev–Trinajstić information content (AvgIpc) is 3.15. The maximum atomic E-state index is 12.4. The van der Waals surface area contributed by atoms with Gasteiger partial charge in [0.25, 0.3) is 5.91 Å². The van der Waals surface area contributed by atoms with Gasteiger partial charge >= 0.3 is 0 Å². The quantitative estimate of drug-likeness (QED) is 0.766. The highest BCUT2D eigenvalue weighted by Gasteiger charge is 2.17. The van der Waals surface area contributed by atoms with Gasteiger partial charge < -0.3 is 5.32 Å². The number of nitrogens with one attached hydrogen (secondary N) is 2. The zero-order valence-corrected chi connectivity index (χ0v) is 14.3. The average molecular weight is 334 g/mol. The fourth-order valence-electron chi connectivity index (χ4n) is 2.71. The van der Waals surface area contributed by atoms with Crippen LogP contribution >= 0.6 is 0 Å². The Labute approximate surface area is 145 Å². The van der Waals surface area contributed by atoms with Gasteiger partial charge in [-0.15, -0.1) is 0 Å². The number of nitriles is 1. The Hall–Kier alpha value is -3.40. The number of H-pyrrole nitrogens is 1. The number of carbonyl (C=O) groups is 1. The normalized spacial score (nSPS) is 10.5. The first-order chi connectivity index (χ1) is 12.0. The number of carbonyl (C=O) groups excluding carboxylic acids is 1. The van der Waals surface area contributed by atoms with Crippen LogP contribution < -0.4 is 5.32 Å². The minimum atomic E-state index is -0.272. The van der Waals surface area contributed by atoms with E-state index in [-0.39, 0.29) is 5.91 Å². The third kappa shape index (κ3) is 3.28. The van der Waals surface area contributed by atoms with Gasteiger partial charge in [-0.2, -0.15) is 15.5 Å². The smallest absolute Gasteiger partial charge is 0.273 e. The minimum Gasteiger partial charge on any atom is -0.321 e. The number of rotatable bonds is 4. The molecule has 0 unspecified atom stereocenters. The van der Waals surface area contributed by atoms with Gasteiger partial charge in [0, 0.05) is 24.0 Å². The molecule has 0 saturated carbocycles. The molecular formula is C18H18N6O. The van der Waals surface area contributed by atoms with E-state index >= 15 is 0 Å². The Morgan fingerprint density at radius 3 is 2.64 bits per heavy atom. The zero-order valence-electron chi connectivity index (χ0n) is 14.3. The van der Waals surface area contributed by atoms with E-state index < -0.39 is 0 Å². The number of nitrogens with zero attached hydrogens (tertiary/aromatic N) is 4. The Balaban J connectivity index is 1.78. The lowest BCUT2D eigenvalue weighted by Gasteiger charge is -2.03. The number of benzene rings is 1. The molecule has 3 aromatic rings. The van der Waals surface area contributed by atoms with Gasteiger partial charge in [-0.1, -0.05) is 12.1 Å². The van der Waals surface area contributed by atoms with Crippen LogP contribution in [0.4, 0.5) is 5.69 Å². The highest BCUT2D eigenvalue weighted by atomic mass is 16.1. The monoisotopic (exact) mass is 334 g/mol. The number of anilines is 1. The van der Waals surface area contributed by atoms with E-state index in [1.54, 1.807) is 22.9 Å². The summed E-state index contributed by atoms with van der Waals surface area (Å²) in [6, 6.07) is 11.0. The number of amides is 1. The van der Waals surface area contributed by atoms with Crippen LogP contribution in [0.2, 0.25) is 0 Å². The third-order valence-electron chi connectivity index (χ3n) is 4.08. The Morgan fingerprint density at radius 2 is 2.04 bits per heavy atom. The molecule has 0 radical (unpaired) electrons. The fourth-order valence-corrected chi connectivity index (χ4v) is 2.71. The molecule has 2 heterocycles. The zero-order chi connectivity index (χ0) is 18.0. The van der Waals surface area contributed by atoms with Crippen LogP contribution in [0.25, 0.3) is 11.3 Å². The summed E-state index contributed by atoms with van der Waals surface area (Å²) in [5.41, 5.74) is 5.43. The largest absolute Gasteiger partial charge is 0.321 e. The lowest BCUT2D eigenvalue weighted by molar-refractivity contribution is 0.102. The summed E-state index contributed by atoms with van der Waals surface area (Å²) in [4.78, 5) is 12.4. The molecule has 25 heavy (non-hydrogen) atoms. The van der Waals surface area contributed by atoms with Crippen LogP contribution in [-0.4, -0.2) is 25.9 Å². The first kappa shape index (κ1) is 16.5. The van der Waals surface area contributed by atoms with Crippen LogP contribution in [0.3, 0.4) is 0 Å². The van der Waals surface area contributed by atoms with E-state index in [1.807, 2.05) is 33.0 Å². The maximum Gasteiger partial charge on any atom is 0.273 e. The molecule has 126 valence electrons. The predicted molar refractivity (Wildman–Crippen MR) is 94.0 cm³/mol. The van der Waals surface area contributed by atoms with E-state index in [4.69, 9.17) is 5.26 Å². The lowest BCUT2D eigenvalue weighted by atomic mass is 10.1. The Morgan fingerprint density at radius 1 is 1.32 bits per heavy atom. The van der Waals surface area contributed by atoms with Crippen molar-refractivity contribution in [2.45, 2.75) is 20.3 Å². The van der Waals surface area contributed by atoms with Gasteiger partial charge in [0.05, 0.1) is 23.9 Å². The number of aromatic nitrogens is 4.